The highest BCUT2D eigenvalue weighted by Gasteiger charge is 2.39. The summed E-state index contributed by atoms with van der Waals surface area (Å²) >= 11 is 0. The lowest BCUT2D eigenvalue weighted by Gasteiger charge is -2.36. The number of furan rings is 1. The van der Waals surface area contributed by atoms with Crippen LogP contribution in [0, 0.1) is 5.82 Å². The number of nitrogens with one attached hydrogen (secondary N) is 1. The molecule has 4 aromatic rings. The van der Waals surface area contributed by atoms with Crippen LogP contribution in [-0.4, -0.2) is 29.4 Å². The number of halogens is 1. The van der Waals surface area contributed by atoms with Gasteiger partial charge in [0.05, 0.1) is 23.8 Å². The first-order valence-electron chi connectivity index (χ1n) is 12.6. The van der Waals surface area contributed by atoms with Crippen LogP contribution in [0.1, 0.15) is 37.8 Å². The highest BCUT2D eigenvalue weighted by Crippen LogP contribution is 2.39. The Hall–Kier alpha value is -4.24. The van der Waals surface area contributed by atoms with Gasteiger partial charge in [-0.15, -0.1) is 0 Å². The van der Waals surface area contributed by atoms with E-state index in [2.05, 4.69) is 44.2 Å². The minimum atomic E-state index is -2.28. The van der Waals surface area contributed by atoms with Crippen LogP contribution >= 0.6 is 0 Å². The van der Waals surface area contributed by atoms with Crippen LogP contribution in [0.15, 0.2) is 83.2 Å². The standard InChI is InChI=1S/C30H32FN3O4Si/c1-30(2,3)39(4,5)38-26-15-9-14-22(27(26)31)25-19-32-28(23(33-25)17-20-11-7-6-8-12-20)34-24(29(35)36)18-21-13-10-16-37-21/h6-16,18-19H,17H2,1-5H3,(H,32,34)(H,35,36). The van der Waals surface area contributed by atoms with Gasteiger partial charge in [0.2, 0.25) is 0 Å². The number of hydrogen-bond acceptors (Lipinski definition) is 6. The third-order valence-electron chi connectivity index (χ3n) is 6.78. The smallest absolute Gasteiger partial charge is 0.352 e. The van der Waals surface area contributed by atoms with Gasteiger partial charge in [-0.2, -0.15) is 0 Å². The minimum absolute atomic E-state index is 0.101. The molecule has 4 rings (SSSR count). The van der Waals surface area contributed by atoms with Gasteiger partial charge in [-0.05, 0) is 48.0 Å². The molecule has 0 amide bonds. The fourth-order valence-electron chi connectivity index (χ4n) is 3.58. The number of aromatic nitrogens is 2. The zero-order chi connectivity index (χ0) is 28.2. The molecule has 39 heavy (non-hydrogen) atoms. The monoisotopic (exact) mass is 545 g/mol. The molecule has 202 valence electrons. The second kappa shape index (κ2) is 11.2. The number of hydrogen-bond donors (Lipinski definition) is 2. The number of carboxylic acid groups (broad SMARTS) is 1. The normalized spacial score (nSPS) is 12.3. The van der Waals surface area contributed by atoms with Crippen molar-refractivity contribution in [3.05, 3.63) is 102 Å². The summed E-state index contributed by atoms with van der Waals surface area (Å²) in [6.45, 7) is 10.4. The summed E-state index contributed by atoms with van der Waals surface area (Å²) in [5, 5.41) is 12.6. The van der Waals surface area contributed by atoms with Gasteiger partial charge in [-0.3, -0.25) is 0 Å². The molecule has 0 radical (unpaired) electrons. The predicted molar refractivity (Wildman–Crippen MR) is 152 cm³/mol. The second-order valence-electron chi connectivity index (χ2n) is 10.7. The molecule has 2 heterocycles. The van der Waals surface area contributed by atoms with E-state index in [1.807, 2.05) is 30.3 Å². The minimum Gasteiger partial charge on any atom is -0.542 e. The van der Waals surface area contributed by atoms with E-state index in [0.29, 0.717) is 23.6 Å². The molecule has 0 saturated heterocycles. The van der Waals surface area contributed by atoms with Gasteiger partial charge in [-0.25, -0.2) is 19.2 Å². The quantitative estimate of drug-likeness (QED) is 0.167. The number of nitrogens with zero attached hydrogens (tertiary/aromatic N) is 2. The van der Waals surface area contributed by atoms with Crippen molar-refractivity contribution in [3.8, 4) is 17.0 Å². The van der Waals surface area contributed by atoms with Gasteiger partial charge >= 0.3 is 5.97 Å². The van der Waals surface area contributed by atoms with Crippen molar-refractivity contribution in [2.24, 2.45) is 0 Å². The summed E-state index contributed by atoms with van der Waals surface area (Å²) < 4.78 is 27.3. The van der Waals surface area contributed by atoms with Crippen LogP contribution in [0.4, 0.5) is 10.2 Å². The number of benzene rings is 2. The molecule has 0 bridgehead atoms. The third-order valence-corrected chi connectivity index (χ3v) is 11.1. The van der Waals surface area contributed by atoms with E-state index in [4.69, 9.17) is 13.8 Å². The van der Waals surface area contributed by atoms with Crippen LogP contribution in [0.3, 0.4) is 0 Å². The van der Waals surface area contributed by atoms with E-state index in [9.17, 15) is 9.90 Å². The number of aliphatic carboxylic acids is 1. The molecule has 2 aromatic heterocycles. The van der Waals surface area contributed by atoms with Crippen molar-refractivity contribution in [2.75, 3.05) is 5.32 Å². The maximum absolute atomic E-state index is 15.8. The average molecular weight is 546 g/mol. The molecule has 9 heteroatoms. The van der Waals surface area contributed by atoms with Crippen LogP contribution in [0.5, 0.6) is 5.75 Å². The molecule has 0 spiro atoms. The SMILES string of the molecule is CC(C)(C)[Si](C)(C)Oc1cccc(-c2cnc(NC(=Cc3ccco3)C(=O)O)c(Cc3ccccc3)n2)c1F. The van der Waals surface area contributed by atoms with Gasteiger partial charge in [0.1, 0.15) is 17.2 Å². The third kappa shape index (κ3) is 6.61. The maximum atomic E-state index is 15.8. The van der Waals surface area contributed by atoms with Crippen molar-refractivity contribution in [1.82, 2.24) is 9.97 Å². The fraction of sp³-hybridized carbons (Fsp3) is 0.233. The lowest BCUT2D eigenvalue weighted by Crippen LogP contribution is -2.44. The molecular formula is C30H32FN3O4Si. The largest absolute Gasteiger partial charge is 0.542 e. The summed E-state index contributed by atoms with van der Waals surface area (Å²) in [6, 6.07) is 17.9. The van der Waals surface area contributed by atoms with E-state index >= 15 is 4.39 Å². The van der Waals surface area contributed by atoms with Crippen molar-refractivity contribution in [3.63, 3.8) is 0 Å². The predicted octanol–water partition coefficient (Wildman–Crippen LogP) is 7.39. The molecule has 0 aliphatic carbocycles. The van der Waals surface area contributed by atoms with Gasteiger partial charge in [-0.1, -0.05) is 57.2 Å². The number of carboxylic acids is 1. The Labute approximate surface area is 228 Å². The fourth-order valence-corrected chi connectivity index (χ4v) is 4.60. The summed E-state index contributed by atoms with van der Waals surface area (Å²) in [6.07, 6.45) is 4.60. The van der Waals surface area contributed by atoms with Crippen molar-refractivity contribution in [1.29, 1.82) is 0 Å². The van der Waals surface area contributed by atoms with Crippen molar-refractivity contribution in [2.45, 2.75) is 45.3 Å². The van der Waals surface area contributed by atoms with Gasteiger partial charge < -0.3 is 19.3 Å². The molecule has 0 aliphatic heterocycles. The van der Waals surface area contributed by atoms with E-state index in [0.717, 1.165) is 5.56 Å². The first kappa shape index (κ1) is 27.8. The Morgan fingerprint density at radius 3 is 2.49 bits per heavy atom. The van der Waals surface area contributed by atoms with E-state index in [1.54, 1.807) is 30.3 Å². The highest BCUT2D eigenvalue weighted by atomic mass is 28.4. The first-order chi connectivity index (χ1) is 18.4. The molecular weight excluding hydrogens is 513 g/mol. The number of rotatable bonds is 9. The van der Waals surface area contributed by atoms with Crippen LogP contribution < -0.4 is 9.74 Å². The molecule has 2 aromatic carbocycles. The Morgan fingerprint density at radius 2 is 1.85 bits per heavy atom. The lowest BCUT2D eigenvalue weighted by atomic mass is 10.1. The molecule has 0 aliphatic rings. The zero-order valence-corrected chi connectivity index (χ0v) is 23.7. The number of carbonyl (C=O) groups is 1. The van der Waals surface area contributed by atoms with Gasteiger partial charge in [0, 0.05) is 18.1 Å². The molecule has 0 fully saturated rings. The molecule has 0 unspecified atom stereocenters. The first-order valence-corrected chi connectivity index (χ1v) is 15.5. The van der Waals surface area contributed by atoms with Crippen molar-refractivity contribution < 1.29 is 23.1 Å². The highest BCUT2D eigenvalue weighted by molar-refractivity contribution is 6.74. The summed E-state index contributed by atoms with van der Waals surface area (Å²) in [5.74, 6) is -0.898. The van der Waals surface area contributed by atoms with Gasteiger partial charge in [0.25, 0.3) is 8.32 Å². The molecule has 2 N–H and O–H groups in total. The Bertz CT molecular complexity index is 1480. The van der Waals surface area contributed by atoms with Crippen LogP contribution in [0.2, 0.25) is 18.1 Å². The van der Waals surface area contributed by atoms with E-state index in [-0.39, 0.29) is 27.9 Å². The van der Waals surface area contributed by atoms with Crippen LogP contribution in [-0.2, 0) is 11.2 Å². The molecule has 0 atom stereocenters. The summed E-state index contributed by atoms with van der Waals surface area (Å²) in [7, 11) is -2.28. The Morgan fingerprint density at radius 1 is 1.10 bits per heavy atom. The topological polar surface area (TPSA) is 97.5 Å². The summed E-state index contributed by atoms with van der Waals surface area (Å²) in [4.78, 5) is 21.2. The van der Waals surface area contributed by atoms with Crippen molar-refractivity contribution >= 4 is 26.2 Å². The molecule has 7 nitrogen and oxygen atoms in total. The summed E-state index contributed by atoms with van der Waals surface area (Å²) in [5.41, 5.74) is 1.83. The molecule has 0 saturated carbocycles. The van der Waals surface area contributed by atoms with E-state index in [1.165, 1.54) is 18.5 Å². The number of anilines is 1. The lowest BCUT2D eigenvalue weighted by molar-refractivity contribution is -0.132. The zero-order valence-electron chi connectivity index (χ0n) is 22.7. The average Bonchev–Trinajstić information content (AvgIpc) is 3.39. The van der Waals surface area contributed by atoms with Gasteiger partial charge in [0.15, 0.2) is 11.6 Å². The Balaban J connectivity index is 1.75. The second-order valence-corrected chi connectivity index (χ2v) is 15.4. The van der Waals surface area contributed by atoms with Crippen LogP contribution in [0.25, 0.3) is 17.3 Å². The Kier molecular flexibility index (Phi) is 8.01. The van der Waals surface area contributed by atoms with E-state index < -0.39 is 20.1 Å². The maximum Gasteiger partial charge on any atom is 0.352 e.